The summed E-state index contributed by atoms with van der Waals surface area (Å²) in [4.78, 5) is 22.8. The number of Topliss-reactive ketones (excluding diaryl/α,β-unsaturated/α-hetero) is 1. The summed E-state index contributed by atoms with van der Waals surface area (Å²) in [5.41, 5.74) is 0. The molecule has 5 nitrogen and oxygen atoms in total. The van der Waals surface area contributed by atoms with E-state index >= 15 is 0 Å². The normalized spacial score (nSPS) is 12.2. The highest BCUT2D eigenvalue weighted by Gasteiger charge is 2.40. The van der Waals surface area contributed by atoms with Crippen molar-refractivity contribution in [3.63, 3.8) is 0 Å². The van der Waals surface area contributed by atoms with Gasteiger partial charge in [-0.25, -0.2) is 0 Å². The summed E-state index contributed by atoms with van der Waals surface area (Å²) >= 11 is 0. The minimum atomic E-state index is -1.42. The summed E-state index contributed by atoms with van der Waals surface area (Å²) in [6, 6.07) is 0. The standard InChI is InChI=1S/C14H26O5/c1-6-14(18-8-10(2)3,19-9-11(4)5)12(15)7-13(16)17/h10-11H,6-9H2,1-5H3,(H,16,17). The quantitative estimate of drug-likeness (QED) is 0.489. The number of ether oxygens (including phenoxy) is 2. The van der Waals surface area contributed by atoms with Gasteiger partial charge in [-0.2, -0.15) is 0 Å². The number of carbonyl (C=O) groups is 2. The molecule has 0 unspecified atom stereocenters. The SMILES string of the molecule is CCC(OCC(C)C)(OCC(C)C)C(=O)CC(=O)O. The van der Waals surface area contributed by atoms with Crippen LogP contribution in [-0.2, 0) is 19.1 Å². The van der Waals surface area contributed by atoms with Gasteiger partial charge in [0.1, 0.15) is 6.42 Å². The molecule has 0 heterocycles. The number of aliphatic carboxylic acids is 1. The topological polar surface area (TPSA) is 72.8 Å². The third-order valence-corrected chi connectivity index (χ3v) is 2.50. The van der Waals surface area contributed by atoms with E-state index in [1.165, 1.54) is 0 Å². The molecule has 0 radical (unpaired) electrons. The molecular formula is C14H26O5. The maximum atomic E-state index is 12.1. The van der Waals surface area contributed by atoms with Gasteiger partial charge in [-0.15, -0.1) is 0 Å². The highest BCUT2D eigenvalue weighted by molar-refractivity contribution is 5.98. The lowest BCUT2D eigenvalue weighted by Gasteiger charge is -2.32. The first kappa shape index (κ1) is 18.1. The fourth-order valence-corrected chi connectivity index (χ4v) is 1.48. The second-order valence-electron chi connectivity index (χ2n) is 5.51. The van der Waals surface area contributed by atoms with Crippen LogP contribution in [0.25, 0.3) is 0 Å². The Kier molecular flexibility index (Phi) is 7.87. The van der Waals surface area contributed by atoms with Crippen LogP contribution >= 0.6 is 0 Å². The Bertz CT molecular complexity index is 284. The van der Waals surface area contributed by atoms with E-state index in [4.69, 9.17) is 14.6 Å². The van der Waals surface area contributed by atoms with Crippen molar-refractivity contribution in [3.8, 4) is 0 Å². The summed E-state index contributed by atoms with van der Waals surface area (Å²) in [5, 5.41) is 8.77. The second kappa shape index (κ2) is 8.27. The molecule has 0 amide bonds. The van der Waals surface area contributed by atoms with Gasteiger partial charge in [0.25, 0.3) is 0 Å². The Morgan fingerprint density at radius 2 is 1.47 bits per heavy atom. The highest BCUT2D eigenvalue weighted by atomic mass is 16.7. The number of hydrogen-bond acceptors (Lipinski definition) is 4. The number of carboxylic acid groups (broad SMARTS) is 1. The molecule has 112 valence electrons. The zero-order valence-electron chi connectivity index (χ0n) is 12.6. The van der Waals surface area contributed by atoms with Crippen molar-refractivity contribution in [2.75, 3.05) is 13.2 Å². The maximum absolute atomic E-state index is 12.1. The molecule has 0 bridgehead atoms. The van der Waals surface area contributed by atoms with Gasteiger partial charge < -0.3 is 14.6 Å². The van der Waals surface area contributed by atoms with E-state index in [1.807, 2.05) is 27.7 Å². The van der Waals surface area contributed by atoms with Gasteiger partial charge in [-0.05, 0) is 11.8 Å². The third kappa shape index (κ3) is 6.68. The average Bonchev–Trinajstić information content (AvgIpc) is 2.28. The van der Waals surface area contributed by atoms with E-state index in [9.17, 15) is 9.59 Å². The van der Waals surface area contributed by atoms with Crippen molar-refractivity contribution in [3.05, 3.63) is 0 Å². The van der Waals surface area contributed by atoms with Crippen molar-refractivity contribution in [1.29, 1.82) is 0 Å². The summed E-state index contributed by atoms with van der Waals surface area (Å²) in [5.74, 6) is -2.63. The largest absolute Gasteiger partial charge is 0.481 e. The number of carbonyl (C=O) groups excluding carboxylic acids is 1. The lowest BCUT2D eigenvalue weighted by atomic mass is 10.0. The zero-order chi connectivity index (χ0) is 15.1. The third-order valence-electron chi connectivity index (χ3n) is 2.50. The van der Waals surface area contributed by atoms with Gasteiger partial charge in [0.15, 0.2) is 0 Å². The monoisotopic (exact) mass is 274 g/mol. The van der Waals surface area contributed by atoms with Crippen LogP contribution in [0.1, 0.15) is 47.5 Å². The molecular weight excluding hydrogens is 248 g/mol. The first-order valence-corrected chi connectivity index (χ1v) is 6.76. The van der Waals surface area contributed by atoms with Crippen molar-refractivity contribution in [2.24, 2.45) is 11.8 Å². The van der Waals surface area contributed by atoms with Crippen LogP contribution in [0, 0.1) is 11.8 Å². The molecule has 0 saturated carbocycles. The number of carboxylic acids is 1. The fraction of sp³-hybridized carbons (Fsp3) is 0.857. The summed E-state index contributed by atoms with van der Waals surface area (Å²) in [6.45, 7) is 10.3. The van der Waals surface area contributed by atoms with Gasteiger partial charge in [-0.1, -0.05) is 34.6 Å². The molecule has 0 fully saturated rings. The fourth-order valence-electron chi connectivity index (χ4n) is 1.48. The van der Waals surface area contributed by atoms with Crippen molar-refractivity contribution in [1.82, 2.24) is 0 Å². The van der Waals surface area contributed by atoms with Crippen LogP contribution in [0.2, 0.25) is 0 Å². The molecule has 5 heteroatoms. The highest BCUT2D eigenvalue weighted by Crippen LogP contribution is 2.23. The van der Waals surface area contributed by atoms with Crippen LogP contribution in [0.3, 0.4) is 0 Å². The molecule has 19 heavy (non-hydrogen) atoms. The predicted molar refractivity (Wildman–Crippen MR) is 71.9 cm³/mol. The molecule has 0 spiro atoms. The van der Waals surface area contributed by atoms with Gasteiger partial charge in [-0.3, -0.25) is 9.59 Å². The summed E-state index contributed by atoms with van der Waals surface area (Å²) in [6.07, 6.45) is -0.275. The van der Waals surface area contributed by atoms with E-state index in [1.54, 1.807) is 6.92 Å². The second-order valence-corrected chi connectivity index (χ2v) is 5.51. The van der Waals surface area contributed by atoms with Crippen molar-refractivity contribution < 1.29 is 24.2 Å². The van der Waals surface area contributed by atoms with Crippen LogP contribution in [0.4, 0.5) is 0 Å². The molecule has 0 aromatic carbocycles. The first-order valence-electron chi connectivity index (χ1n) is 6.76. The Morgan fingerprint density at radius 1 is 1.05 bits per heavy atom. The molecule has 0 aromatic heterocycles. The minimum Gasteiger partial charge on any atom is -0.481 e. The van der Waals surface area contributed by atoms with Crippen molar-refractivity contribution in [2.45, 2.75) is 53.2 Å². The molecule has 0 atom stereocenters. The molecule has 0 saturated heterocycles. The van der Waals surface area contributed by atoms with E-state index in [-0.39, 0.29) is 11.8 Å². The van der Waals surface area contributed by atoms with Gasteiger partial charge >= 0.3 is 5.97 Å². The number of hydrogen-bond donors (Lipinski definition) is 1. The molecule has 0 aliphatic rings. The lowest BCUT2D eigenvalue weighted by molar-refractivity contribution is -0.237. The smallest absolute Gasteiger partial charge is 0.311 e. The summed E-state index contributed by atoms with van der Waals surface area (Å²) in [7, 11) is 0. The van der Waals surface area contributed by atoms with Gasteiger partial charge in [0.05, 0.1) is 13.2 Å². The summed E-state index contributed by atoms with van der Waals surface area (Å²) < 4.78 is 11.2. The maximum Gasteiger partial charge on any atom is 0.311 e. The average molecular weight is 274 g/mol. The van der Waals surface area contributed by atoms with Gasteiger partial charge in [0.2, 0.25) is 11.6 Å². The first-order chi connectivity index (χ1) is 8.73. The van der Waals surface area contributed by atoms with Crippen LogP contribution in [0.5, 0.6) is 0 Å². The molecule has 0 rings (SSSR count). The molecule has 1 N–H and O–H groups in total. The number of ketones is 1. The Labute approximate surface area is 115 Å². The van der Waals surface area contributed by atoms with E-state index in [2.05, 4.69) is 0 Å². The zero-order valence-corrected chi connectivity index (χ0v) is 12.6. The number of rotatable bonds is 10. The van der Waals surface area contributed by atoms with E-state index < -0.39 is 24.0 Å². The van der Waals surface area contributed by atoms with Gasteiger partial charge in [0, 0.05) is 6.42 Å². The van der Waals surface area contributed by atoms with Crippen LogP contribution in [-0.4, -0.2) is 35.9 Å². The molecule has 0 aromatic rings. The Hall–Kier alpha value is -0.940. The van der Waals surface area contributed by atoms with Crippen LogP contribution in [0.15, 0.2) is 0 Å². The van der Waals surface area contributed by atoms with E-state index in [0.29, 0.717) is 19.6 Å². The van der Waals surface area contributed by atoms with E-state index in [0.717, 1.165) is 0 Å². The lowest BCUT2D eigenvalue weighted by Crippen LogP contribution is -2.46. The van der Waals surface area contributed by atoms with Crippen LogP contribution < -0.4 is 0 Å². The molecule has 0 aliphatic heterocycles. The minimum absolute atomic E-state index is 0.242. The van der Waals surface area contributed by atoms with Crippen molar-refractivity contribution >= 4 is 11.8 Å². The molecule has 0 aliphatic carbocycles. The Balaban J connectivity index is 4.92. The Morgan fingerprint density at radius 3 is 1.74 bits per heavy atom. The predicted octanol–water partition coefficient (Wildman–Crippen LogP) is 2.48.